The Morgan fingerprint density at radius 3 is 0.622 bits per heavy atom. The predicted molar refractivity (Wildman–Crippen MR) is 385 cm³/mol. The summed E-state index contributed by atoms with van der Waals surface area (Å²) >= 11 is 0. The lowest BCUT2D eigenvalue weighted by atomic mass is 9.63. The van der Waals surface area contributed by atoms with E-state index in [4.69, 9.17) is 27.9 Å². The number of hydrogen-bond donors (Lipinski definition) is 0. The number of hydrogen-bond acceptors (Lipinski definition) is 6. The minimum Gasteiger partial charge on any atom is -0.399 e. The van der Waals surface area contributed by atoms with Crippen molar-refractivity contribution in [2.75, 3.05) is 0 Å². The first-order chi connectivity index (χ1) is 42.8. The van der Waals surface area contributed by atoms with Gasteiger partial charge in [0.25, 0.3) is 0 Å². The van der Waals surface area contributed by atoms with Crippen molar-refractivity contribution in [1.82, 2.24) is 0 Å². The van der Waals surface area contributed by atoms with Crippen LogP contribution in [0.2, 0.25) is 0 Å². The SMILES string of the molecule is CCCCCCC1(CCCCCC)c2cc(B3OC(C)(C)C(C)(C)O3)ccc2-c2c1c1c(c3c2C(CCCCCC)(CCCCCC)c2cc(B4OC(C)(C)C(C)(C)O4)ccc2-3)C(CCCCCC)(CCCCCC)c2cc(B3OC(C)(C)C(C)(C)O3)ccc2-1. The second kappa shape index (κ2) is 27.5. The molecule has 90 heavy (non-hydrogen) atoms. The molecular weight excluding hydrogens is 1100 g/mol. The maximum Gasteiger partial charge on any atom is 0.494 e. The molecule has 492 valence electrons. The average molecular weight is 1230 g/mol. The van der Waals surface area contributed by atoms with Crippen molar-refractivity contribution in [2.24, 2.45) is 0 Å². The topological polar surface area (TPSA) is 55.4 Å². The molecule has 0 N–H and O–H groups in total. The number of rotatable bonds is 33. The highest BCUT2D eigenvalue weighted by atomic mass is 16.7. The normalized spacial score (nSPS) is 20.8. The van der Waals surface area contributed by atoms with Crippen molar-refractivity contribution < 1.29 is 27.9 Å². The molecule has 0 radical (unpaired) electrons. The van der Waals surface area contributed by atoms with Crippen LogP contribution >= 0.6 is 0 Å². The molecule has 4 aromatic carbocycles. The highest BCUT2D eigenvalue weighted by Gasteiger charge is 2.61. The summed E-state index contributed by atoms with van der Waals surface area (Å²) in [6, 6.07) is 23.1. The fourth-order valence-electron chi connectivity index (χ4n) is 17.4. The molecule has 0 atom stereocenters. The molecule has 3 fully saturated rings. The Bertz CT molecular complexity index is 2700. The van der Waals surface area contributed by atoms with Gasteiger partial charge in [0.1, 0.15) is 0 Å². The van der Waals surface area contributed by atoms with Crippen molar-refractivity contribution in [3.05, 3.63) is 88.0 Å². The van der Waals surface area contributed by atoms with Gasteiger partial charge in [0.05, 0.1) is 33.6 Å². The van der Waals surface area contributed by atoms with Crippen LogP contribution < -0.4 is 16.4 Å². The van der Waals surface area contributed by atoms with Gasteiger partial charge in [-0.3, -0.25) is 0 Å². The molecule has 0 aromatic heterocycles. The zero-order valence-electron chi connectivity index (χ0n) is 60.6. The lowest BCUT2D eigenvalue weighted by molar-refractivity contribution is 0.00578. The summed E-state index contributed by atoms with van der Waals surface area (Å²) in [6.07, 6.45) is 36.1. The van der Waals surface area contributed by atoms with E-state index in [1.54, 1.807) is 33.4 Å². The van der Waals surface area contributed by atoms with Gasteiger partial charge >= 0.3 is 21.4 Å². The summed E-state index contributed by atoms with van der Waals surface area (Å²) in [4.78, 5) is 0. The third-order valence-corrected chi connectivity index (χ3v) is 24.7. The summed E-state index contributed by atoms with van der Waals surface area (Å²) in [6.45, 7) is 41.0. The Hall–Kier alpha value is -3.17. The molecule has 9 heteroatoms. The second-order valence-electron chi connectivity index (χ2n) is 32.5. The van der Waals surface area contributed by atoms with Crippen LogP contribution in [0.1, 0.15) is 351 Å². The first kappa shape index (κ1) is 69.7. The Balaban J connectivity index is 1.40. The smallest absolute Gasteiger partial charge is 0.399 e. The fourth-order valence-corrected chi connectivity index (χ4v) is 17.4. The van der Waals surface area contributed by atoms with Gasteiger partial charge in [-0.1, -0.05) is 250 Å². The second-order valence-corrected chi connectivity index (χ2v) is 32.5. The summed E-state index contributed by atoms with van der Waals surface area (Å²) in [7, 11) is -1.37. The van der Waals surface area contributed by atoms with E-state index in [2.05, 4.69) is 179 Å². The molecule has 0 unspecified atom stereocenters. The van der Waals surface area contributed by atoms with E-state index < -0.39 is 55.0 Å². The van der Waals surface area contributed by atoms with Crippen molar-refractivity contribution in [2.45, 2.75) is 367 Å². The summed E-state index contributed by atoms with van der Waals surface area (Å²) in [5.41, 5.74) is 18.7. The van der Waals surface area contributed by atoms with Crippen LogP contribution in [0, 0.1) is 0 Å². The quantitative estimate of drug-likeness (QED) is 0.0350. The van der Waals surface area contributed by atoms with Crippen molar-refractivity contribution in [3.63, 3.8) is 0 Å². The van der Waals surface area contributed by atoms with Gasteiger partial charge in [-0.15, -0.1) is 0 Å². The Labute approximate surface area is 551 Å². The van der Waals surface area contributed by atoms with E-state index in [0.717, 1.165) is 54.9 Å². The van der Waals surface area contributed by atoms with E-state index in [9.17, 15) is 0 Å². The van der Waals surface area contributed by atoms with Gasteiger partial charge in [0.2, 0.25) is 0 Å². The van der Waals surface area contributed by atoms with Crippen molar-refractivity contribution >= 4 is 37.7 Å². The molecule has 0 amide bonds. The summed E-state index contributed by atoms with van der Waals surface area (Å²) < 4.78 is 42.7. The third kappa shape index (κ3) is 12.5. The molecule has 0 saturated carbocycles. The summed E-state index contributed by atoms with van der Waals surface area (Å²) in [5.74, 6) is 0. The average Bonchev–Trinajstić information content (AvgIpc) is 1.48. The van der Waals surface area contributed by atoms with E-state index in [1.807, 2.05) is 0 Å². The first-order valence-electron chi connectivity index (χ1n) is 37.6. The molecule has 0 spiro atoms. The molecule has 3 aliphatic carbocycles. The number of unbranched alkanes of at least 4 members (excludes halogenated alkanes) is 18. The fraction of sp³-hybridized carbons (Fsp3) is 0.704. The molecule has 0 bridgehead atoms. The maximum absolute atomic E-state index is 7.11. The van der Waals surface area contributed by atoms with Crippen molar-refractivity contribution in [3.8, 4) is 33.4 Å². The van der Waals surface area contributed by atoms with Crippen LogP contribution in [0.25, 0.3) is 33.4 Å². The van der Waals surface area contributed by atoms with Crippen LogP contribution in [-0.2, 0) is 44.2 Å². The highest BCUT2D eigenvalue weighted by molar-refractivity contribution is 6.63. The predicted octanol–water partition coefficient (Wildman–Crippen LogP) is 21.2. The molecule has 3 heterocycles. The number of benzene rings is 4. The van der Waals surface area contributed by atoms with E-state index in [1.165, 1.54) is 187 Å². The van der Waals surface area contributed by atoms with Gasteiger partial charge in [0, 0.05) is 16.2 Å². The van der Waals surface area contributed by atoms with E-state index in [0.29, 0.717) is 0 Å². The zero-order valence-corrected chi connectivity index (χ0v) is 60.6. The number of fused-ring (bicyclic) bond motifs is 12. The summed E-state index contributed by atoms with van der Waals surface area (Å²) in [5, 5.41) is 0. The molecule has 6 aliphatic rings. The lowest BCUT2D eigenvalue weighted by Gasteiger charge is -2.40. The lowest BCUT2D eigenvalue weighted by Crippen LogP contribution is -2.41. The molecule has 3 saturated heterocycles. The third-order valence-electron chi connectivity index (χ3n) is 24.7. The standard InChI is InChI=1S/C81H123B3O6/c1-19-25-31-37-49-79(50-38-32-26-20-2)64-55-58(82-85-73(7,8)74(9,10)86-82)43-46-61(64)67-70(79)68-62-47-44-59(83-87-75(11,12)76(13,14)88-83)56-65(62)80(51-39-33-27-21-3,52-40-34-28-22-4)72(68)69-63-48-45-60(84-89-77(15,16)78(17,18)90-84)57-66(63)81(71(67)69,53-41-35-29-23-5)54-42-36-30-24-6/h43-48,55-57H,19-42,49-54H2,1-18H3. The minimum atomic E-state index is -0.460. The Morgan fingerprint density at radius 2 is 0.444 bits per heavy atom. The maximum atomic E-state index is 7.11. The van der Waals surface area contributed by atoms with Crippen LogP contribution in [0.5, 0.6) is 0 Å². The first-order valence-corrected chi connectivity index (χ1v) is 37.6. The zero-order chi connectivity index (χ0) is 64.7. The van der Waals surface area contributed by atoms with Crippen molar-refractivity contribution in [1.29, 1.82) is 0 Å². The van der Waals surface area contributed by atoms with Gasteiger partial charge in [-0.25, -0.2) is 0 Å². The molecule has 4 aromatic rings. The molecule has 6 nitrogen and oxygen atoms in total. The minimum absolute atomic E-state index is 0.258. The van der Waals surface area contributed by atoms with Gasteiger partial charge in [0.15, 0.2) is 0 Å². The van der Waals surface area contributed by atoms with Gasteiger partial charge in [-0.2, -0.15) is 0 Å². The van der Waals surface area contributed by atoms with Gasteiger partial charge in [-0.05, 0) is 205 Å². The Kier molecular flexibility index (Phi) is 21.3. The van der Waals surface area contributed by atoms with E-state index in [-0.39, 0.29) is 16.2 Å². The van der Waals surface area contributed by atoms with Gasteiger partial charge < -0.3 is 27.9 Å². The molecule has 10 rings (SSSR count). The molecular formula is C81H123B3O6. The van der Waals surface area contributed by atoms with Crippen LogP contribution in [0.4, 0.5) is 0 Å². The van der Waals surface area contributed by atoms with Crippen LogP contribution in [0.15, 0.2) is 54.6 Å². The van der Waals surface area contributed by atoms with E-state index >= 15 is 0 Å². The largest absolute Gasteiger partial charge is 0.494 e. The Morgan fingerprint density at radius 1 is 0.256 bits per heavy atom. The monoisotopic (exact) mass is 1220 g/mol. The highest BCUT2D eigenvalue weighted by Crippen LogP contribution is 2.71. The molecule has 3 aliphatic heterocycles. The van der Waals surface area contributed by atoms with Crippen LogP contribution in [0.3, 0.4) is 0 Å². The van der Waals surface area contributed by atoms with Crippen LogP contribution in [-0.4, -0.2) is 55.0 Å².